The summed E-state index contributed by atoms with van der Waals surface area (Å²) in [7, 11) is 3.13. The number of ether oxygens (including phenoxy) is 2. The van der Waals surface area contributed by atoms with Crippen LogP contribution in [0.15, 0.2) is 69.9 Å². The maximum absolute atomic E-state index is 14.2. The van der Waals surface area contributed by atoms with Crippen LogP contribution in [0.2, 0.25) is 0 Å². The number of nitrogens with zero attached hydrogens (tertiary/aromatic N) is 3. The highest BCUT2D eigenvalue weighted by molar-refractivity contribution is 9.10. The molecule has 8 heteroatoms. The van der Waals surface area contributed by atoms with Crippen molar-refractivity contribution in [2.75, 3.05) is 20.8 Å². The van der Waals surface area contributed by atoms with Gasteiger partial charge in [-0.1, -0.05) is 57.4 Å². The van der Waals surface area contributed by atoms with Gasteiger partial charge in [-0.2, -0.15) is 0 Å². The van der Waals surface area contributed by atoms with Crippen molar-refractivity contribution in [1.29, 1.82) is 0 Å². The quantitative estimate of drug-likeness (QED) is 0.153. The van der Waals surface area contributed by atoms with Crippen LogP contribution in [0, 0.1) is 0 Å². The molecule has 0 bridgehead atoms. The summed E-state index contributed by atoms with van der Waals surface area (Å²) in [4.78, 5) is 35.0. The lowest BCUT2D eigenvalue weighted by Crippen LogP contribution is -2.38. The van der Waals surface area contributed by atoms with Crippen LogP contribution in [0.1, 0.15) is 74.2 Å². The number of unbranched alkanes of at least 4 members (excludes halogenated alkanes) is 3. The minimum absolute atomic E-state index is 0.0899. The number of halogens is 1. The molecule has 0 saturated heterocycles. The van der Waals surface area contributed by atoms with Crippen LogP contribution in [-0.4, -0.2) is 41.1 Å². The maximum Gasteiger partial charge on any atom is 0.266 e. The fourth-order valence-electron chi connectivity index (χ4n) is 5.02. The summed E-state index contributed by atoms with van der Waals surface area (Å²) in [6.07, 6.45) is 4.96. The summed E-state index contributed by atoms with van der Waals surface area (Å²) < 4.78 is 13.3. The van der Waals surface area contributed by atoms with E-state index in [4.69, 9.17) is 14.5 Å². The van der Waals surface area contributed by atoms with Crippen molar-refractivity contribution in [3.63, 3.8) is 0 Å². The summed E-state index contributed by atoms with van der Waals surface area (Å²) >= 11 is 3.65. The third kappa shape index (κ3) is 6.48. The van der Waals surface area contributed by atoms with E-state index in [0.717, 1.165) is 32.1 Å². The number of aromatic nitrogens is 2. The molecule has 0 saturated carbocycles. The van der Waals surface area contributed by atoms with Crippen molar-refractivity contribution >= 4 is 32.7 Å². The van der Waals surface area contributed by atoms with Crippen molar-refractivity contribution < 1.29 is 14.3 Å². The van der Waals surface area contributed by atoms with E-state index in [2.05, 4.69) is 29.8 Å². The standard InChI is InChI=1S/C33H38BrN3O4/c1-6-8-9-12-19-36(32(38)24-17-15-23(7-2)16-18-24)22(3)31-35-27-14-11-10-13-26(27)33(39)37(31)28-20-25(40-4)21-29(41-5)30(28)34/h10-11,13-18,20-22H,6-9,12,19H2,1-5H3. The topological polar surface area (TPSA) is 73.7 Å². The first-order valence-electron chi connectivity index (χ1n) is 14.2. The zero-order chi connectivity index (χ0) is 29.5. The number of carbonyl (C=O) groups is 1. The minimum Gasteiger partial charge on any atom is -0.497 e. The van der Waals surface area contributed by atoms with Gasteiger partial charge in [0.2, 0.25) is 0 Å². The highest BCUT2D eigenvalue weighted by Crippen LogP contribution is 2.37. The van der Waals surface area contributed by atoms with Crippen LogP contribution < -0.4 is 15.0 Å². The number of para-hydroxylation sites is 1. The van der Waals surface area contributed by atoms with Gasteiger partial charge < -0.3 is 14.4 Å². The van der Waals surface area contributed by atoms with Crippen LogP contribution in [0.25, 0.3) is 16.6 Å². The molecule has 3 aromatic carbocycles. The Morgan fingerprint density at radius 2 is 1.73 bits per heavy atom. The van der Waals surface area contributed by atoms with E-state index >= 15 is 0 Å². The molecule has 4 aromatic rings. The van der Waals surface area contributed by atoms with Crippen LogP contribution in [0.4, 0.5) is 0 Å². The Kier molecular flexibility index (Phi) is 10.2. The SMILES string of the molecule is CCCCCCN(C(=O)c1ccc(CC)cc1)C(C)c1nc2ccccc2c(=O)n1-c1cc(OC)cc(OC)c1Br. The van der Waals surface area contributed by atoms with Gasteiger partial charge in [-0.3, -0.25) is 14.2 Å². The summed E-state index contributed by atoms with van der Waals surface area (Å²) in [5.41, 5.74) is 2.65. The van der Waals surface area contributed by atoms with Crippen molar-refractivity contribution in [2.24, 2.45) is 0 Å². The van der Waals surface area contributed by atoms with Gasteiger partial charge in [0, 0.05) is 24.2 Å². The normalized spacial score (nSPS) is 11.9. The number of fused-ring (bicyclic) bond motifs is 1. The molecule has 1 aromatic heterocycles. The summed E-state index contributed by atoms with van der Waals surface area (Å²) in [5, 5.41) is 0.480. The van der Waals surface area contributed by atoms with Gasteiger partial charge in [0.1, 0.15) is 17.3 Å². The van der Waals surface area contributed by atoms with Crippen LogP contribution >= 0.6 is 15.9 Å². The lowest BCUT2D eigenvalue weighted by Gasteiger charge is -2.31. The molecule has 1 amide bonds. The van der Waals surface area contributed by atoms with E-state index in [1.807, 2.05) is 54.3 Å². The average molecular weight is 621 g/mol. The van der Waals surface area contributed by atoms with Gasteiger partial charge in [0.25, 0.3) is 11.5 Å². The van der Waals surface area contributed by atoms with Crippen molar-refractivity contribution in [2.45, 2.75) is 58.9 Å². The fourth-order valence-corrected chi connectivity index (χ4v) is 5.59. The maximum atomic E-state index is 14.2. The number of carbonyl (C=O) groups excluding carboxylic acids is 1. The molecule has 4 rings (SSSR count). The van der Waals surface area contributed by atoms with Gasteiger partial charge in [0.15, 0.2) is 0 Å². The second-order valence-electron chi connectivity index (χ2n) is 10.1. The molecule has 0 spiro atoms. The lowest BCUT2D eigenvalue weighted by molar-refractivity contribution is 0.0677. The number of hydrogen-bond acceptors (Lipinski definition) is 5. The highest BCUT2D eigenvalue weighted by Gasteiger charge is 2.29. The third-order valence-electron chi connectivity index (χ3n) is 7.46. The van der Waals surface area contributed by atoms with Crippen molar-refractivity contribution in [3.8, 4) is 17.2 Å². The van der Waals surface area contributed by atoms with E-state index < -0.39 is 6.04 Å². The number of rotatable bonds is 12. The predicted octanol–water partition coefficient (Wildman–Crippen LogP) is 7.51. The van der Waals surface area contributed by atoms with Gasteiger partial charge >= 0.3 is 0 Å². The Balaban J connectivity index is 1.92. The number of hydrogen-bond donors (Lipinski definition) is 0. The predicted molar refractivity (Wildman–Crippen MR) is 168 cm³/mol. The van der Waals surface area contributed by atoms with Crippen LogP contribution in [-0.2, 0) is 6.42 Å². The Hall–Kier alpha value is -3.65. The Morgan fingerprint density at radius 3 is 2.39 bits per heavy atom. The Labute approximate surface area is 250 Å². The van der Waals surface area contributed by atoms with Gasteiger partial charge in [-0.15, -0.1) is 0 Å². The van der Waals surface area contributed by atoms with Gasteiger partial charge in [0.05, 0.1) is 41.3 Å². The van der Waals surface area contributed by atoms with Crippen molar-refractivity contribution in [3.05, 3.63) is 92.4 Å². The average Bonchev–Trinajstić information content (AvgIpc) is 3.01. The Morgan fingerprint density at radius 1 is 1.00 bits per heavy atom. The smallest absolute Gasteiger partial charge is 0.266 e. The number of methoxy groups -OCH3 is 2. The summed E-state index contributed by atoms with van der Waals surface area (Å²) in [5.74, 6) is 1.41. The van der Waals surface area contributed by atoms with E-state index in [9.17, 15) is 9.59 Å². The zero-order valence-electron chi connectivity index (χ0n) is 24.4. The molecule has 0 fully saturated rings. The molecule has 1 heterocycles. The molecule has 0 aliphatic carbocycles. The number of aryl methyl sites for hydroxylation is 1. The van der Waals surface area contributed by atoms with E-state index in [1.165, 1.54) is 5.56 Å². The molecule has 0 aliphatic rings. The fraction of sp³-hybridized carbons (Fsp3) is 0.364. The van der Waals surface area contributed by atoms with E-state index in [0.29, 0.717) is 50.5 Å². The molecule has 1 unspecified atom stereocenters. The minimum atomic E-state index is -0.517. The second kappa shape index (κ2) is 13.8. The van der Waals surface area contributed by atoms with Crippen LogP contribution in [0.5, 0.6) is 11.5 Å². The molecule has 7 nitrogen and oxygen atoms in total. The number of benzene rings is 3. The molecular weight excluding hydrogens is 582 g/mol. The first kappa shape index (κ1) is 30.3. The second-order valence-corrected chi connectivity index (χ2v) is 10.9. The first-order valence-corrected chi connectivity index (χ1v) is 15.0. The summed E-state index contributed by atoms with van der Waals surface area (Å²) in [6.45, 7) is 6.74. The molecule has 216 valence electrons. The Bertz CT molecular complexity index is 1570. The first-order chi connectivity index (χ1) is 19.8. The van der Waals surface area contributed by atoms with Gasteiger partial charge in [-0.25, -0.2) is 4.98 Å². The molecular formula is C33H38BrN3O4. The molecule has 1 atom stereocenters. The van der Waals surface area contributed by atoms with Crippen LogP contribution in [0.3, 0.4) is 0 Å². The van der Waals surface area contributed by atoms with Crippen molar-refractivity contribution in [1.82, 2.24) is 14.5 Å². The zero-order valence-corrected chi connectivity index (χ0v) is 26.0. The lowest BCUT2D eigenvalue weighted by atomic mass is 10.1. The highest BCUT2D eigenvalue weighted by atomic mass is 79.9. The number of amides is 1. The third-order valence-corrected chi connectivity index (χ3v) is 8.25. The van der Waals surface area contributed by atoms with Gasteiger partial charge in [-0.05, 0) is 65.5 Å². The van der Waals surface area contributed by atoms with E-state index in [-0.39, 0.29) is 11.5 Å². The molecule has 0 radical (unpaired) electrons. The van der Waals surface area contributed by atoms with E-state index in [1.54, 1.807) is 37.0 Å². The molecule has 0 aliphatic heterocycles. The monoisotopic (exact) mass is 619 g/mol. The molecule has 0 N–H and O–H groups in total. The molecule has 41 heavy (non-hydrogen) atoms. The largest absolute Gasteiger partial charge is 0.497 e. The summed E-state index contributed by atoms with van der Waals surface area (Å²) in [6, 6.07) is 18.1.